The van der Waals surface area contributed by atoms with E-state index in [9.17, 15) is 14.4 Å². The Balaban J connectivity index is 1.88. The van der Waals surface area contributed by atoms with Crippen LogP contribution in [0, 0.1) is 13.8 Å². The summed E-state index contributed by atoms with van der Waals surface area (Å²) >= 11 is 0. The first kappa shape index (κ1) is 19.6. The summed E-state index contributed by atoms with van der Waals surface area (Å²) in [6.45, 7) is 5.94. The van der Waals surface area contributed by atoms with Gasteiger partial charge in [0.05, 0.1) is 35.4 Å². The second kappa shape index (κ2) is 7.62. The van der Waals surface area contributed by atoms with Gasteiger partial charge in [0.2, 0.25) is 5.65 Å². The van der Waals surface area contributed by atoms with Crippen molar-refractivity contribution in [2.45, 2.75) is 33.6 Å². The first-order valence-electron chi connectivity index (χ1n) is 9.76. The Bertz CT molecular complexity index is 1340. The van der Waals surface area contributed by atoms with Crippen molar-refractivity contribution in [3.63, 3.8) is 0 Å². The number of nitrogens with zero attached hydrogens (tertiary/aromatic N) is 3. The molecule has 8 heteroatoms. The number of rotatable bonds is 6. The van der Waals surface area contributed by atoms with Crippen molar-refractivity contribution in [2.75, 3.05) is 6.61 Å². The zero-order valence-corrected chi connectivity index (χ0v) is 17.1. The molecule has 4 aromatic rings. The molecule has 0 aliphatic rings. The molecule has 0 radical (unpaired) electrons. The third kappa shape index (κ3) is 3.30. The van der Waals surface area contributed by atoms with E-state index in [1.165, 1.54) is 0 Å². The summed E-state index contributed by atoms with van der Waals surface area (Å²) in [7, 11) is 0. The van der Waals surface area contributed by atoms with Crippen LogP contribution in [0.15, 0.2) is 35.4 Å². The fraction of sp³-hybridized carbons (Fsp3) is 0.273. The number of aromatic nitrogens is 4. The summed E-state index contributed by atoms with van der Waals surface area (Å²) in [4.78, 5) is 42.8. The van der Waals surface area contributed by atoms with Gasteiger partial charge in [0.15, 0.2) is 6.29 Å². The number of hydrogen-bond donors (Lipinski definition) is 1. The lowest BCUT2D eigenvalue weighted by molar-refractivity contribution is -0.143. The zero-order chi connectivity index (χ0) is 21.4. The Morgan fingerprint density at radius 3 is 2.80 bits per heavy atom. The maximum atomic E-state index is 12.6. The number of imidazole rings is 1. The highest BCUT2D eigenvalue weighted by Crippen LogP contribution is 2.24. The number of nitrogens with one attached hydrogen (secondary N) is 1. The molecule has 30 heavy (non-hydrogen) atoms. The number of H-pyrrole nitrogens is 1. The number of carbonyl (C=O) groups is 2. The van der Waals surface area contributed by atoms with E-state index in [1.807, 2.05) is 41.1 Å². The number of aldehydes is 1. The number of fused-ring (bicyclic) bond motifs is 3. The number of carbonyl (C=O) groups excluding carboxylic acids is 2. The quantitative estimate of drug-likeness (QED) is 0.392. The second-order valence-corrected chi connectivity index (χ2v) is 7.19. The van der Waals surface area contributed by atoms with Gasteiger partial charge in [-0.1, -0.05) is 0 Å². The minimum atomic E-state index is -0.288. The van der Waals surface area contributed by atoms with Crippen LogP contribution in [-0.4, -0.2) is 37.8 Å². The molecule has 1 N–H and O–H groups in total. The maximum Gasteiger partial charge on any atom is 0.306 e. The Morgan fingerprint density at radius 1 is 1.30 bits per heavy atom. The summed E-state index contributed by atoms with van der Waals surface area (Å²) in [6.07, 6.45) is 4.99. The first-order chi connectivity index (χ1) is 14.4. The molecule has 0 saturated heterocycles. The highest BCUT2D eigenvalue weighted by atomic mass is 16.5. The summed E-state index contributed by atoms with van der Waals surface area (Å²) in [5, 5.41) is 0. The minimum Gasteiger partial charge on any atom is -0.466 e. The van der Waals surface area contributed by atoms with Gasteiger partial charge in [-0.3, -0.25) is 18.8 Å². The van der Waals surface area contributed by atoms with Crippen LogP contribution in [0.2, 0.25) is 0 Å². The van der Waals surface area contributed by atoms with Gasteiger partial charge in [0.1, 0.15) is 0 Å². The van der Waals surface area contributed by atoms with E-state index < -0.39 is 0 Å². The molecule has 0 unspecified atom stereocenters. The molecule has 0 fully saturated rings. The van der Waals surface area contributed by atoms with E-state index in [-0.39, 0.29) is 23.6 Å². The predicted molar refractivity (Wildman–Crippen MR) is 112 cm³/mol. The number of hydrogen-bond acceptors (Lipinski definition) is 5. The lowest BCUT2D eigenvalue weighted by atomic mass is 10.1. The van der Waals surface area contributed by atoms with Gasteiger partial charge >= 0.3 is 5.97 Å². The van der Waals surface area contributed by atoms with Crippen molar-refractivity contribution in [1.29, 1.82) is 0 Å². The normalized spacial score (nSPS) is 11.3. The van der Waals surface area contributed by atoms with Crippen LogP contribution in [-0.2, 0) is 16.0 Å². The predicted octanol–water partition coefficient (Wildman–Crippen LogP) is 2.89. The molecule has 0 bridgehead atoms. The second-order valence-electron chi connectivity index (χ2n) is 7.19. The lowest BCUT2D eigenvalue weighted by Crippen LogP contribution is -2.12. The molecule has 0 atom stereocenters. The lowest BCUT2D eigenvalue weighted by Gasteiger charge is -2.11. The molecular formula is C22H22N4O4. The highest BCUT2D eigenvalue weighted by molar-refractivity contribution is 5.82. The van der Waals surface area contributed by atoms with Crippen LogP contribution in [0.4, 0.5) is 0 Å². The fourth-order valence-corrected chi connectivity index (χ4v) is 3.74. The molecule has 1 aromatic carbocycles. The molecular weight excluding hydrogens is 384 g/mol. The molecule has 4 rings (SSSR count). The van der Waals surface area contributed by atoms with Crippen LogP contribution in [0.5, 0.6) is 0 Å². The monoisotopic (exact) mass is 406 g/mol. The average molecular weight is 406 g/mol. The summed E-state index contributed by atoms with van der Waals surface area (Å²) in [5.74, 6) is -0.288. The zero-order valence-electron chi connectivity index (χ0n) is 17.1. The van der Waals surface area contributed by atoms with Gasteiger partial charge in [-0.15, -0.1) is 0 Å². The Kier molecular flexibility index (Phi) is 4.99. The molecule has 3 aromatic heterocycles. The third-order valence-corrected chi connectivity index (χ3v) is 5.21. The van der Waals surface area contributed by atoms with Crippen LogP contribution >= 0.6 is 0 Å². The molecule has 154 valence electrons. The fourth-order valence-electron chi connectivity index (χ4n) is 3.74. The van der Waals surface area contributed by atoms with Gasteiger partial charge in [-0.25, -0.2) is 4.98 Å². The first-order valence-corrected chi connectivity index (χ1v) is 9.76. The summed E-state index contributed by atoms with van der Waals surface area (Å²) < 4.78 is 8.69. The van der Waals surface area contributed by atoms with Gasteiger partial charge in [0.25, 0.3) is 5.56 Å². The van der Waals surface area contributed by atoms with E-state index in [1.54, 1.807) is 19.2 Å². The third-order valence-electron chi connectivity index (χ3n) is 5.21. The van der Waals surface area contributed by atoms with Crippen LogP contribution in [0.3, 0.4) is 0 Å². The molecule has 3 heterocycles. The van der Waals surface area contributed by atoms with Crippen LogP contribution in [0.25, 0.3) is 22.4 Å². The Morgan fingerprint density at radius 2 is 2.10 bits per heavy atom. The standard InChI is InChI=1S/C22H22N4O4/c1-4-30-20(28)6-5-16-14(3)26-19-10-18(25-8-7-15(11-25)12-27)13(2)9-17(19)24-22(29)21(26)23-16/h7-12H,4-6H2,1-3H3,(H,24,29). The van der Waals surface area contributed by atoms with E-state index in [2.05, 4.69) is 9.97 Å². The molecule has 0 spiro atoms. The van der Waals surface area contributed by atoms with Crippen LogP contribution < -0.4 is 5.56 Å². The van der Waals surface area contributed by atoms with Crippen molar-refractivity contribution in [2.24, 2.45) is 0 Å². The van der Waals surface area contributed by atoms with Crippen molar-refractivity contribution in [3.05, 3.63) is 63.5 Å². The largest absolute Gasteiger partial charge is 0.466 e. The van der Waals surface area contributed by atoms with E-state index in [4.69, 9.17) is 4.74 Å². The molecule has 0 aliphatic heterocycles. The summed E-state index contributed by atoms with van der Waals surface area (Å²) in [6, 6.07) is 5.62. The van der Waals surface area contributed by atoms with E-state index in [0.29, 0.717) is 29.8 Å². The highest BCUT2D eigenvalue weighted by Gasteiger charge is 2.17. The topological polar surface area (TPSA) is 98.5 Å². The van der Waals surface area contributed by atoms with E-state index in [0.717, 1.165) is 28.7 Å². The Labute approximate surface area is 172 Å². The van der Waals surface area contributed by atoms with Crippen molar-refractivity contribution < 1.29 is 14.3 Å². The van der Waals surface area contributed by atoms with Gasteiger partial charge < -0.3 is 14.3 Å². The molecule has 0 amide bonds. The van der Waals surface area contributed by atoms with Gasteiger partial charge in [-0.2, -0.15) is 0 Å². The summed E-state index contributed by atoms with van der Waals surface area (Å²) in [5.41, 5.74) is 5.40. The molecule has 0 aliphatic carbocycles. The SMILES string of the molecule is CCOC(=O)CCc1nc2c(=O)[nH]c3cc(C)c(-n4ccc(C=O)c4)cc3n2c1C. The van der Waals surface area contributed by atoms with Crippen molar-refractivity contribution in [1.82, 2.24) is 18.9 Å². The smallest absolute Gasteiger partial charge is 0.306 e. The molecule has 0 saturated carbocycles. The van der Waals surface area contributed by atoms with Gasteiger partial charge in [0, 0.05) is 30.1 Å². The number of ether oxygens (including phenoxy) is 1. The Hall–Kier alpha value is -3.68. The molecule has 8 nitrogen and oxygen atoms in total. The number of benzene rings is 1. The number of aromatic amines is 1. The maximum absolute atomic E-state index is 12.6. The van der Waals surface area contributed by atoms with Crippen molar-refractivity contribution in [3.8, 4) is 5.69 Å². The minimum absolute atomic E-state index is 0.205. The van der Waals surface area contributed by atoms with Gasteiger partial charge in [-0.05, 0) is 44.5 Å². The van der Waals surface area contributed by atoms with Crippen LogP contribution in [0.1, 0.15) is 40.7 Å². The number of esters is 1. The average Bonchev–Trinajstić information content (AvgIpc) is 3.32. The number of aryl methyl sites for hydroxylation is 3. The van der Waals surface area contributed by atoms with E-state index >= 15 is 0 Å². The van der Waals surface area contributed by atoms with Crippen molar-refractivity contribution >= 4 is 28.9 Å².